The maximum Gasteiger partial charge on any atom is 0.276 e. The van der Waals surface area contributed by atoms with E-state index in [4.69, 9.17) is 4.74 Å². The van der Waals surface area contributed by atoms with Crippen LogP contribution in [0.25, 0.3) is 11.3 Å². The maximum absolute atomic E-state index is 14.0. The molecule has 166 valence electrons. The van der Waals surface area contributed by atoms with Gasteiger partial charge in [-0.3, -0.25) is 9.59 Å². The van der Waals surface area contributed by atoms with Crippen molar-refractivity contribution in [1.29, 1.82) is 0 Å². The fourth-order valence-corrected chi connectivity index (χ4v) is 4.27. The van der Waals surface area contributed by atoms with Crippen molar-refractivity contribution in [1.82, 2.24) is 19.0 Å². The molecule has 2 atom stereocenters. The molecule has 8 nitrogen and oxygen atoms in total. The van der Waals surface area contributed by atoms with Gasteiger partial charge in [-0.2, -0.15) is 0 Å². The lowest BCUT2D eigenvalue weighted by Crippen LogP contribution is -2.56. The van der Waals surface area contributed by atoms with Gasteiger partial charge in [-0.05, 0) is 19.4 Å². The van der Waals surface area contributed by atoms with Crippen LogP contribution in [0.1, 0.15) is 29.4 Å². The number of hydrogen-bond donors (Lipinski definition) is 1. The minimum absolute atomic E-state index is 0.0632. The number of nitrogens with zero attached hydrogens (tertiary/aromatic N) is 4. The number of aromatic hydroxyl groups is 1. The monoisotopic (exact) mass is 442 g/mol. The highest BCUT2D eigenvalue weighted by molar-refractivity contribution is 5.96. The third kappa shape index (κ3) is 3.27. The van der Waals surface area contributed by atoms with Crippen LogP contribution in [0.3, 0.4) is 0 Å². The molecule has 0 radical (unpaired) electrons. The Hall–Kier alpha value is -3.53. The topological polar surface area (TPSA) is 89.6 Å². The summed E-state index contributed by atoms with van der Waals surface area (Å²) in [5, 5.41) is 10.6. The van der Waals surface area contributed by atoms with Crippen molar-refractivity contribution in [3.05, 3.63) is 70.0 Å². The zero-order valence-corrected chi connectivity index (χ0v) is 17.2. The number of ether oxygens (including phenoxy) is 1. The van der Waals surface area contributed by atoms with Gasteiger partial charge in [0, 0.05) is 30.1 Å². The molecule has 1 amide bonds. The summed E-state index contributed by atoms with van der Waals surface area (Å²) in [6, 6.07) is 3.24. The quantitative estimate of drug-likeness (QED) is 0.673. The van der Waals surface area contributed by atoms with Gasteiger partial charge in [0.15, 0.2) is 17.7 Å². The lowest BCUT2D eigenvalue weighted by atomic mass is 10.1. The smallest absolute Gasteiger partial charge is 0.276 e. The summed E-state index contributed by atoms with van der Waals surface area (Å²) in [6.07, 6.45) is 4.63. The number of carbonyl (C=O) groups is 1. The Kier molecular flexibility index (Phi) is 4.81. The van der Waals surface area contributed by atoms with Crippen molar-refractivity contribution >= 4 is 5.91 Å². The van der Waals surface area contributed by atoms with Crippen LogP contribution in [0, 0.1) is 11.6 Å². The number of halogens is 2. The first-order chi connectivity index (χ1) is 15.3. The zero-order chi connectivity index (χ0) is 22.6. The van der Waals surface area contributed by atoms with E-state index in [9.17, 15) is 23.5 Å². The molecule has 0 aliphatic carbocycles. The minimum atomic E-state index is -0.716. The largest absolute Gasteiger partial charge is 0.503 e. The first-order valence-corrected chi connectivity index (χ1v) is 10.2. The second-order valence-corrected chi connectivity index (χ2v) is 8.06. The van der Waals surface area contributed by atoms with E-state index < -0.39 is 34.9 Å². The van der Waals surface area contributed by atoms with Gasteiger partial charge >= 0.3 is 0 Å². The van der Waals surface area contributed by atoms with E-state index in [0.717, 1.165) is 6.07 Å². The van der Waals surface area contributed by atoms with E-state index in [2.05, 4.69) is 4.98 Å². The number of carbonyl (C=O) groups excluding carboxylic acids is 1. The molecule has 3 aromatic rings. The summed E-state index contributed by atoms with van der Waals surface area (Å²) < 4.78 is 35.9. The van der Waals surface area contributed by atoms with E-state index in [-0.39, 0.29) is 41.6 Å². The van der Waals surface area contributed by atoms with Crippen LogP contribution in [0.4, 0.5) is 8.78 Å². The van der Waals surface area contributed by atoms with Crippen molar-refractivity contribution in [2.45, 2.75) is 38.7 Å². The van der Waals surface area contributed by atoms with Gasteiger partial charge in [0.25, 0.3) is 5.91 Å². The average Bonchev–Trinajstić information content (AvgIpc) is 3.21. The van der Waals surface area contributed by atoms with Crippen LogP contribution in [0.5, 0.6) is 5.75 Å². The zero-order valence-electron chi connectivity index (χ0n) is 17.2. The molecule has 0 spiro atoms. The summed E-state index contributed by atoms with van der Waals surface area (Å²) in [6.45, 7) is 2.78. The van der Waals surface area contributed by atoms with Crippen LogP contribution >= 0.6 is 0 Å². The summed E-state index contributed by atoms with van der Waals surface area (Å²) in [4.78, 5) is 31.6. The molecule has 1 fully saturated rings. The summed E-state index contributed by atoms with van der Waals surface area (Å²) >= 11 is 0. The molecule has 2 aromatic heterocycles. The Labute approximate surface area is 181 Å². The molecule has 0 bridgehead atoms. The van der Waals surface area contributed by atoms with Gasteiger partial charge < -0.3 is 23.9 Å². The third-order valence-electron chi connectivity index (χ3n) is 5.95. The summed E-state index contributed by atoms with van der Waals surface area (Å²) in [7, 11) is 0. The number of imidazole rings is 1. The second kappa shape index (κ2) is 7.56. The lowest BCUT2D eigenvalue weighted by Gasteiger charge is -2.44. The summed E-state index contributed by atoms with van der Waals surface area (Å²) in [5.41, 5.74) is -0.160. The molecule has 1 N–H and O–H groups in total. The normalized spacial score (nSPS) is 20.2. The highest BCUT2D eigenvalue weighted by Crippen LogP contribution is 2.30. The fraction of sp³-hybridized carbons (Fsp3) is 0.318. The number of benzene rings is 1. The second-order valence-electron chi connectivity index (χ2n) is 8.06. The Morgan fingerprint density at radius 2 is 2.06 bits per heavy atom. The number of aromatic nitrogens is 3. The van der Waals surface area contributed by atoms with Gasteiger partial charge in [-0.15, -0.1) is 0 Å². The number of pyridine rings is 1. The molecular weight excluding hydrogens is 422 g/mol. The lowest BCUT2D eigenvalue weighted by molar-refractivity contribution is -0.112. The third-order valence-corrected chi connectivity index (χ3v) is 5.95. The Morgan fingerprint density at radius 1 is 1.25 bits per heavy atom. The molecule has 2 aliphatic heterocycles. The predicted molar refractivity (Wildman–Crippen MR) is 109 cm³/mol. The molecule has 1 saturated heterocycles. The Balaban J connectivity index is 1.50. The first-order valence-electron chi connectivity index (χ1n) is 10.2. The average molecular weight is 442 g/mol. The van der Waals surface area contributed by atoms with Crippen LogP contribution in [-0.4, -0.2) is 48.9 Å². The number of hydrogen-bond acceptors (Lipinski definition) is 5. The highest BCUT2D eigenvalue weighted by Gasteiger charge is 2.40. The SMILES string of the molecule is C[C@@H]1CCO[C@H]2Cn3cc(-c4cn(Cc5ccc(F)cc5F)cn4)c(=O)c(O)c3C(=O)N12. The van der Waals surface area contributed by atoms with Crippen molar-refractivity contribution in [2.75, 3.05) is 6.61 Å². The van der Waals surface area contributed by atoms with Crippen LogP contribution < -0.4 is 5.43 Å². The van der Waals surface area contributed by atoms with Crippen LogP contribution in [0.2, 0.25) is 0 Å². The van der Waals surface area contributed by atoms with E-state index in [0.29, 0.717) is 13.0 Å². The van der Waals surface area contributed by atoms with E-state index in [1.807, 2.05) is 6.92 Å². The van der Waals surface area contributed by atoms with Gasteiger partial charge in [0.1, 0.15) is 11.6 Å². The molecule has 2 aliphatic rings. The molecule has 0 saturated carbocycles. The number of amides is 1. The highest BCUT2D eigenvalue weighted by atomic mass is 19.1. The Morgan fingerprint density at radius 3 is 2.84 bits per heavy atom. The molecule has 0 unspecified atom stereocenters. The fourth-order valence-electron chi connectivity index (χ4n) is 4.27. The first kappa shape index (κ1) is 20.4. The molecule has 5 rings (SSSR count). The van der Waals surface area contributed by atoms with Gasteiger partial charge in [-0.1, -0.05) is 6.07 Å². The van der Waals surface area contributed by atoms with Gasteiger partial charge in [0.05, 0.1) is 37.3 Å². The Bertz CT molecular complexity index is 1290. The maximum atomic E-state index is 14.0. The van der Waals surface area contributed by atoms with Crippen LogP contribution in [0.15, 0.2) is 41.7 Å². The van der Waals surface area contributed by atoms with E-state index >= 15 is 0 Å². The van der Waals surface area contributed by atoms with E-state index in [1.54, 1.807) is 9.47 Å². The van der Waals surface area contributed by atoms with Gasteiger partial charge in [0.2, 0.25) is 5.43 Å². The van der Waals surface area contributed by atoms with Crippen molar-refractivity contribution in [2.24, 2.45) is 0 Å². The van der Waals surface area contributed by atoms with Crippen LogP contribution in [-0.2, 0) is 17.8 Å². The molecule has 10 heteroatoms. The standard InChI is InChI=1S/C22H20F2N4O4/c1-12-4-5-32-18-10-27-8-15(20(29)21(30)19(27)22(31)28(12)18)17-9-26(11-25-17)7-13-2-3-14(23)6-16(13)24/h2-3,6,8-9,11-12,18,30H,4-5,7,10H2,1H3/t12-,18+/m1/s1. The van der Waals surface area contributed by atoms with Crippen molar-refractivity contribution in [3.63, 3.8) is 0 Å². The molecule has 32 heavy (non-hydrogen) atoms. The van der Waals surface area contributed by atoms with Crippen molar-refractivity contribution < 1.29 is 23.4 Å². The minimum Gasteiger partial charge on any atom is -0.503 e. The molecular formula is C22H20F2N4O4. The summed E-state index contributed by atoms with van der Waals surface area (Å²) in [5.74, 6) is -2.44. The van der Waals surface area contributed by atoms with Gasteiger partial charge in [-0.25, -0.2) is 13.8 Å². The number of rotatable bonds is 3. The molecule has 4 heterocycles. The van der Waals surface area contributed by atoms with E-state index in [1.165, 1.54) is 35.4 Å². The number of fused-ring (bicyclic) bond motifs is 2. The molecule has 1 aromatic carbocycles. The van der Waals surface area contributed by atoms with Crippen molar-refractivity contribution in [3.8, 4) is 17.0 Å². The predicted octanol–water partition coefficient (Wildman–Crippen LogP) is 2.33.